The van der Waals surface area contributed by atoms with Gasteiger partial charge in [-0.1, -0.05) is 12.5 Å². The maximum absolute atomic E-state index is 5.71. The molecule has 1 rings (SSSR count). The average molecular weight is 211 g/mol. The minimum atomic E-state index is 0.112. The van der Waals surface area contributed by atoms with Gasteiger partial charge in [-0.05, 0) is 45.6 Å². The summed E-state index contributed by atoms with van der Waals surface area (Å²) in [6, 6.07) is 0. The van der Waals surface area contributed by atoms with Crippen molar-refractivity contribution in [2.24, 2.45) is 0 Å². The fraction of sp³-hybridized carbons (Fsp3) is 0.846. The van der Waals surface area contributed by atoms with Gasteiger partial charge in [0, 0.05) is 13.2 Å². The molecular weight excluding hydrogens is 186 g/mol. The Bertz CT molecular complexity index is 173. The van der Waals surface area contributed by atoms with Crippen molar-refractivity contribution in [3.8, 4) is 0 Å². The SMILES string of the molecule is C=CCCCCCNCC1(C)CCCO1. The summed E-state index contributed by atoms with van der Waals surface area (Å²) >= 11 is 0. The second kappa shape index (κ2) is 7.02. The Kier molecular flexibility index (Phi) is 5.96. The molecule has 88 valence electrons. The van der Waals surface area contributed by atoms with Crippen LogP contribution in [0.25, 0.3) is 0 Å². The first-order chi connectivity index (χ1) is 7.27. The molecule has 1 atom stereocenters. The smallest absolute Gasteiger partial charge is 0.0779 e. The van der Waals surface area contributed by atoms with E-state index >= 15 is 0 Å². The molecule has 2 heteroatoms. The highest BCUT2D eigenvalue weighted by Gasteiger charge is 2.28. The van der Waals surface area contributed by atoms with Crippen LogP contribution in [-0.2, 0) is 4.74 Å². The van der Waals surface area contributed by atoms with Crippen molar-refractivity contribution in [1.82, 2.24) is 5.32 Å². The van der Waals surface area contributed by atoms with E-state index in [9.17, 15) is 0 Å². The van der Waals surface area contributed by atoms with Crippen molar-refractivity contribution in [3.05, 3.63) is 12.7 Å². The third-order valence-corrected chi connectivity index (χ3v) is 3.06. The van der Waals surface area contributed by atoms with Gasteiger partial charge in [-0.2, -0.15) is 0 Å². The predicted molar refractivity (Wildman–Crippen MR) is 65.1 cm³/mol. The molecule has 0 bridgehead atoms. The summed E-state index contributed by atoms with van der Waals surface area (Å²) in [7, 11) is 0. The van der Waals surface area contributed by atoms with Gasteiger partial charge >= 0.3 is 0 Å². The van der Waals surface area contributed by atoms with Crippen LogP contribution < -0.4 is 5.32 Å². The first-order valence-corrected chi connectivity index (χ1v) is 6.22. The lowest BCUT2D eigenvalue weighted by Crippen LogP contribution is -2.37. The van der Waals surface area contributed by atoms with E-state index in [-0.39, 0.29) is 5.60 Å². The fourth-order valence-electron chi connectivity index (χ4n) is 2.04. The number of allylic oxidation sites excluding steroid dienone is 1. The molecular formula is C13H25NO. The Hall–Kier alpha value is -0.340. The van der Waals surface area contributed by atoms with Crippen molar-refractivity contribution < 1.29 is 4.74 Å². The van der Waals surface area contributed by atoms with Gasteiger partial charge < -0.3 is 10.1 Å². The average Bonchev–Trinajstić information content (AvgIpc) is 2.64. The van der Waals surface area contributed by atoms with Crippen LogP contribution in [0.15, 0.2) is 12.7 Å². The van der Waals surface area contributed by atoms with Crippen LogP contribution in [0.2, 0.25) is 0 Å². The summed E-state index contributed by atoms with van der Waals surface area (Å²) in [5, 5.41) is 3.49. The summed E-state index contributed by atoms with van der Waals surface area (Å²) in [4.78, 5) is 0. The van der Waals surface area contributed by atoms with Gasteiger partial charge in [-0.3, -0.25) is 0 Å². The minimum absolute atomic E-state index is 0.112. The number of hydrogen-bond acceptors (Lipinski definition) is 2. The summed E-state index contributed by atoms with van der Waals surface area (Å²) < 4.78 is 5.71. The molecule has 0 aromatic carbocycles. The monoisotopic (exact) mass is 211 g/mol. The molecule has 1 fully saturated rings. The molecule has 1 saturated heterocycles. The Morgan fingerprint density at radius 3 is 2.93 bits per heavy atom. The normalized spacial score (nSPS) is 25.7. The largest absolute Gasteiger partial charge is 0.374 e. The second-order valence-electron chi connectivity index (χ2n) is 4.72. The highest BCUT2D eigenvalue weighted by molar-refractivity contribution is 4.82. The molecule has 0 aromatic rings. The maximum atomic E-state index is 5.71. The third kappa shape index (κ3) is 5.33. The van der Waals surface area contributed by atoms with Gasteiger partial charge in [-0.25, -0.2) is 0 Å². The molecule has 1 aliphatic rings. The summed E-state index contributed by atoms with van der Waals surface area (Å²) in [5.74, 6) is 0. The van der Waals surface area contributed by atoms with Crippen LogP contribution in [0.1, 0.15) is 45.4 Å². The van der Waals surface area contributed by atoms with Gasteiger partial charge in [-0.15, -0.1) is 6.58 Å². The van der Waals surface area contributed by atoms with E-state index in [2.05, 4.69) is 18.8 Å². The third-order valence-electron chi connectivity index (χ3n) is 3.06. The standard InChI is InChI=1S/C13H25NO/c1-3-4-5-6-7-10-14-12-13(2)9-8-11-15-13/h3,14H,1,4-12H2,2H3. The molecule has 1 N–H and O–H groups in total. The Morgan fingerprint density at radius 1 is 1.40 bits per heavy atom. The number of ether oxygens (including phenoxy) is 1. The topological polar surface area (TPSA) is 21.3 Å². The summed E-state index contributed by atoms with van der Waals surface area (Å²) in [6.45, 7) is 9.01. The minimum Gasteiger partial charge on any atom is -0.374 e. The van der Waals surface area contributed by atoms with Gasteiger partial charge in [0.2, 0.25) is 0 Å². The number of nitrogens with one attached hydrogen (secondary N) is 1. The Labute approximate surface area is 94.1 Å². The molecule has 15 heavy (non-hydrogen) atoms. The van der Waals surface area contributed by atoms with Crippen LogP contribution in [0.5, 0.6) is 0 Å². The highest BCUT2D eigenvalue weighted by Crippen LogP contribution is 2.23. The number of hydrogen-bond donors (Lipinski definition) is 1. The van der Waals surface area contributed by atoms with E-state index < -0.39 is 0 Å². The molecule has 0 amide bonds. The van der Waals surface area contributed by atoms with Crippen molar-refractivity contribution in [2.45, 2.75) is 51.0 Å². The van der Waals surface area contributed by atoms with Crippen LogP contribution in [0.3, 0.4) is 0 Å². The lowest BCUT2D eigenvalue weighted by molar-refractivity contribution is 0.0210. The van der Waals surface area contributed by atoms with E-state index in [0.29, 0.717) is 0 Å². The Morgan fingerprint density at radius 2 is 2.27 bits per heavy atom. The summed E-state index contributed by atoms with van der Waals surface area (Å²) in [5.41, 5.74) is 0.112. The molecule has 0 spiro atoms. The first kappa shape index (κ1) is 12.7. The lowest BCUT2D eigenvalue weighted by Gasteiger charge is -2.23. The van der Waals surface area contributed by atoms with Crippen molar-refractivity contribution >= 4 is 0 Å². The molecule has 0 saturated carbocycles. The first-order valence-electron chi connectivity index (χ1n) is 6.22. The van der Waals surface area contributed by atoms with Crippen LogP contribution >= 0.6 is 0 Å². The van der Waals surface area contributed by atoms with Crippen LogP contribution in [0.4, 0.5) is 0 Å². The molecule has 0 aliphatic carbocycles. The number of unbranched alkanes of at least 4 members (excludes halogenated alkanes) is 3. The van der Waals surface area contributed by atoms with Crippen molar-refractivity contribution in [2.75, 3.05) is 19.7 Å². The van der Waals surface area contributed by atoms with Gasteiger partial charge in [0.1, 0.15) is 0 Å². The van der Waals surface area contributed by atoms with E-state index in [1.54, 1.807) is 0 Å². The molecule has 0 radical (unpaired) electrons. The quantitative estimate of drug-likeness (QED) is 0.492. The zero-order valence-corrected chi connectivity index (χ0v) is 10.1. The van der Waals surface area contributed by atoms with E-state index in [0.717, 1.165) is 26.1 Å². The van der Waals surface area contributed by atoms with Gasteiger partial charge in [0.05, 0.1) is 5.60 Å². The number of rotatable bonds is 8. The van der Waals surface area contributed by atoms with E-state index in [1.165, 1.54) is 32.1 Å². The maximum Gasteiger partial charge on any atom is 0.0779 e. The highest BCUT2D eigenvalue weighted by atomic mass is 16.5. The van der Waals surface area contributed by atoms with Gasteiger partial charge in [0.15, 0.2) is 0 Å². The lowest BCUT2D eigenvalue weighted by atomic mass is 10.0. The molecule has 1 aliphatic heterocycles. The molecule has 0 aromatic heterocycles. The zero-order valence-electron chi connectivity index (χ0n) is 10.1. The predicted octanol–water partition coefficient (Wildman–Crippen LogP) is 2.89. The van der Waals surface area contributed by atoms with Crippen LogP contribution in [0, 0.1) is 0 Å². The second-order valence-corrected chi connectivity index (χ2v) is 4.72. The summed E-state index contributed by atoms with van der Waals surface area (Å²) in [6.07, 6.45) is 9.43. The van der Waals surface area contributed by atoms with E-state index in [4.69, 9.17) is 4.74 Å². The Balaban J connectivity index is 1.90. The van der Waals surface area contributed by atoms with E-state index in [1.807, 2.05) is 6.08 Å². The molecule has 2 nitrogen and oxygen atoms in total. The van der Waals surface area contributed by atoms with Crippen LogP contribution in [-0.4, -0.2) is 25.3 Å². The van der Waals surface area contributed by atoms with Crippen molar-refractivity contribution in [1.29, 1.82) is 0 Å². The fourth-order valence-corrected chi connectivity index (χ4v) is 2.04. The molecule has 1 heterocycles. The van der Waals surface area contributed by atoms with Crippen molar-refractivity contribution in [3.63, 3.8) is 0 Å². The van der Waals surface area contributed by atoms with Gasteiger partial charge in [0.25, 0.3) is 0 Å². The molecule has 1 unspecified atom stereocenters. The zero-order chi connectivity index (χ0) is 11.0.